The van der Waals surface area contributed by atoms with Crippen molar-refractivity contribution in [3.63, 3.8) is 0 Å². The molecule has 0 spiro atoms. The maximum Gasteiger partial charge on any atom is 0.0445 e. The van der Waals surface area contributed by atoms with E-state index in [2.05, 4.69) is 74.7 Å². The zero-order valence-electron chi connectivity index (χ0n) is 15.4. The lowest BCUT2D eigenvalue weighted by Gasteiger charge is -2.14. The van der Waals surface area contributed by atoms with Gasteiger partial charge in [-0.2, -0.15) is 0 Å². The number of aryl methyl sites for hydroxylation is 4. The van der Waals surface area contributed by atoms with Crippen LogP contribution in [0.3, 0.4) is 0 Å². The molecule has 0 unspecified atom stereocenters. The number of para-hydroxylation sites is 2. The zero-order chi connectivity index (χ0) is 17.4. The lowest BCUT2D eigenvalue weighted by molar-refractivity contribution is 1.09. The number of hydrogen-bond donors (Lipinski definition) is 2. The van der Waals surface area contributed by atoms with Gasteiger partial charge in [-0.25, -0.2) is 0 Å². The fraction of sp³-hybridized carbons (Fsp3) is 0.364. The summed E-state index contributed by atoms with van der Waals surface area (Å²) in [4.78, 5) is 0. The molecule has 2 rings (SSSR count). The van der Waals surface area contributed by atoms with Crippen molar-refractivity contribution in [2.24, 2.45) is 0 Å². The monoisotopic (exact) mass is 322 g/mol. The third-order valence-electron chi connectivity index (χ3n) is 4.54. The molecular weight excluding hydrogens is 292 g/mol. The molecule has 2 nitrogen and oxygen atoms in total. The van der Waals surface area contributed by atoms with Gasteiger partial charge in [-0.3, -0.25) is 0 Å². The average molecular weight is 322 g/mol. The highest BCUT2D eigenvalue weighted by atomic mass is 14.9. The summed E-state index contributed by atoms with van der Waals surface area (Å²) in [6.45, 7) is 8.81. The number of rotatable bonds is 8. The van der Waals surface area contributed by atoms with Crippen LogP contribution in [0.5, 0.6) is 0 Å². The molecule has 24 heavy (non-hydrogen) atoms. The summed E-state index contributed by atoms with van der Waals surface area (Å²) in [7, 11) is 0. The van der Waals surface area contributed by atoms with Gasteiger partial charge in [0.1, 0.15) is 0 Å². The Labute approximate surface area is 147 Å². The first-order valence-electron chi connectivity index (χ1n) is 9.14. The molecule has 128 valence electrons. The van der Waals surface area contributed by atoms with E-state index in [0.717, 1.165) is 25.7 Å². The molecule has 0 aliphatic rings. The van der Waals surface area contributed by atoms with Gasteiger partial charge in [0.2, 0.25) is 0 Å². The van der Waals surface area contributed by atoms with Crippen LogP contribution in [0.4, 0.5) is 11.4 Å². The van der Waals surface area contributed by atoms with Crippen molar-refractivity contribution in [3.05, 3.63) is 71.1 Å². The molecule has 0 radical (unpaired) electrons. The Balaban J connectivity index is 2.15. The number of nitrogens with one attached hydrogen (secondary N) is 2. The summed E-state index contributed by atoms with van der Waals surface area (Å²) in [6.07, 6.45) is 8.18. The van der Waals surface area contributed by atoms with Gasteiger partial charge in [0.05, 0.1) is 0 Å². The fourth-order valence-electron chi connectivity index (χ4n) is 3.11. The molecule has 0 amide bonds. The van der Waals surface area contributed by atoms with E-state index in [1.807, 2.05) is 12.4 Å². The molecular formula is C22H30N2. The van der Waals surface area contributed by atoms with Gasteiger partial charge in [-0.1, -0.05) is 64.1 Å². The van der Waals surface area contributed by atoms with Crippen molar-refractivity contribution in [2.45, 2.75) is 53.4 Å². The normalized spacial score (nSPS) is 11.0. The van der Waals surface area contributed by atoms with Gasteiger partial charge in [-0.15, -0.1) is 0 Å². The molecule has 0 aliphatic heterocycles. The Hall–Kier alpha value is -2.22. The minimum absolute atomic E-state index is 1.04. The van der Waals surface area contributed by atoms with E-state index in [9.17, 15) is 0 Å². The van der Waals surface area contributed by atoms with Crippen molar-refractivity contribution >= 4 is 11.4 Å². The standard InChI is InChI=1S/C22H30N2/c1-5-17-11-9-12-18(6-2)21(17)23-15-16-24-22-19(7-3)13-10-14-20(22)8-4/h9-16,23-24H,5-8H2,1-4H3/b16-15+. The quantitative estimate of drug-likeness (QED) is 0.629. The Kier molecular flexibility index (Phi) is 6.92. The van der Waals surface area contributed by atoms with Crippen molar-refractivity contribution < 1.29 is 0 Å². The number of benzene rings is 2. The SMILES string of the molecule is CCc1cccc(CC)c1N/C=C/Nc1c(CC)cccc1CC. The second-order valence-corrected chi connectivity index (χ2v) is 5.94. The molecule has 2 N–H and O–H groups in total. The van der Waals surface area contributed by atoms with Gasteiger partial charge in [-0.05, 0) is 47.9 Å². The Bertz CT molecular complexity index is 582. The van der Waals surface area contributed by atoms with Gasteiger partial charge < -0.3 is 10.6 Å². The lowest BCUT2D eigenvalue weighted by atomic mass is 10.0. The molecule has 0 atom stereocenters. The summed E-state index contributed by atoms with van der Waals surface area (Å²) < 4.78 is 0. The van der Waals surface area contributed by atoms with Crippen LogP contribution in [-0.2, 0) is 25.7 Å². The first-order valence-corrected chi connectivity index (χ1v) is 9.14. The van der Waals surface area contributed by atoms with Crippen molar-refractivity contribution in [3.8, 4) is 0 Å². The summed E-state index contributed by atoms with van der Waals surface area (Å²) in [5.41, 5.74) is 7.95. The van der Waals surface area contributed by atoms with Gasteiger partial charge in [0.25, 0.3) is 0 Å². The predicted molar refractivity (Wildman–Crippen MR) is 107 cm³/mol. The van der Waals surface area contributed by atoms with Gasteiger partial charge in [0.15, 0.2) is 0 Å². The van der Waals surface area contributed by atoms with Crippen LogP contribution in [0.25, 0.3) is 0 Å². The minimum Gasteiger partial charge on any atom is -0.360 e. The first-order chi connectivity index (χ1) is 11.7. The summed E-state index contributed by atoms with van der Waals surface area (Å²) in [5, 5.41) is 6.97. The third-order valence-corrected chi connectivity index (χ3v) is 4.54. The summed E-state index contributed by atoms with van der Waals surface area (Å²) >= 11 is 0. The van der Waals surface area contributed by atoms with Crippen LogP contribution in [0, 0.1) is 0 Å². The highest BCUT2D eigenvalue weighted by Gasteiger charge is 2.05. The largest absolute Gasteiger partial charge is 0.360 e. The highest BCUT2D eigenvalue weighted by Crippen LogP contribution is 2.24. The van der Waals surface area contributed by atoms with Gasteiger partial charge in [0, 0.05) is 23.8 Å². The zero-order valence-corrected chi connectivity index (χ0v) is 15.4. The van der Waals surface area contributed by atoms with E-state index in [1.54, 1.807) is 0 Å². The van der Waals surface area contributed by atoms with Crippen molar-refractivity contribution in [1.82, 2.24) is 0 Å². The van der Waals surface area contributed by atoms with Crippen LogP contribution in [-0.4, -0.2) is 0 Å². The summed E-state index contributed by atoms with van der Waals surface area (Å²) in [5.74, 6) is 0. The van der Waals surface area contributed by atoms with Crippen LogP contribution < -0.4 is 10.6 Å². The number of anilines is 2. The van der Waals surface area contributed by atoms with E-state index in [0.29, 0.717) is 0 Å². The molecule has 0 bridgehead atoms. The Morgan fingerprint density at radius 1 is 0.583 bits per heavy atom. The third kappa shape index (κ3) is 4.19. The molecule has 2 aromatic rings. The average Bonchev–Trinajstić information content (AvgIpc) is 2.64. The first kappa shape index (κ1) is 18.1. The second-order valence-electron chi connectivity index (χ2n) is 5.94. The predicted octanol–water partition coefficient (Wildman–Crippen LogP) is 5.93. The molecule has 0 saturated carbocycles. The smallest absolute Gasteiger partial charge is 0.0445 e. The van der Waals surface area contributed by atoms with Crippen LogP contribution in [0.1, 0.15) is 49.9 Å². The van der Waals surface area contributed by atoms with E-state index in [1.165, 1.54) is 33.6 Å². The van der Waals surface area contributed by atoms with Crippen LogP contribution in [0.15, 0.2) is 48.8 Å². The second kappa shape index (κ2) is 9.17. The fourth-order valence-corrected chi connectivity index (χ4v) is 3.11. The molecule has 2 aromatic carbocycles. The van der Waals surface area contributed by atoms with Gasteiger partial charge >= 0.3 is 0 Å². The van der Waals surface area contributed by atoms with E-state index in [-0.39, 0.29) is 0 Å². The minimum atomic E-state index is 1.04. The summed E-state index contributed by atoms with van der Waals surface area (Å²) in [6, 6.07) is 13.1. The molecule has 2 heteroatoms. The Morgan fingerprint density at radius 3 is 1.12 bits per heavy atom. The topological polar surface area (TPSA) is 24.1 Å². The molecule has 0 saturated heterocycles. The maximum atomic E-state index is 3.49. The van der Waals surface area contributed by atoms with Crippen molar-refractivity contribution in [1.29, 1.82) is 0 Å². The molecule has 0 aliphatic carbocycles. The van der Waals surface area contributed by atoms with Crippen molar-refractivity contribution in [2.75, 3.05) is 10.6 Å². The Morgan fingerprint density at radius 2 is 0.875 bits per heavy atom. The van der Waals surface area contributed by atoms with Crippen LogP contribution in [0.2, 0.25) is 0 Å². The number of hydrogen-bond acceptors (Lipinski definition) is 2. The van der Waals surface area contributed by atoms with E-state index in [4.69, 9.17) is 0 Å². The molecule has 0 heterocycles. The maximum absolute atomic E-state index is 3.49. The lowest BCUT2D eigenvalue weighted by Crippen LogP contribution is -2.02. The van der Waals surface area contributed by atoms with E-state index < -0.39 is 0 Å². The molecule has 0 aromatic heterocycles. The molecule has 0 fully saturated rings. The van der Waals surface area contributed by atoms with Crippen LogP contribution >= 0.6 is 0 Å². The van der Waals surface area contributed by atoms with E-state index >= 15 is 0 Å². The highest BCUT2D eigenvalue weighted by molar-refractivity contribution is 5.61.